The van der Waals surface area contributed by atoms with Crippen LogP contribution in [0.3, 0.4) is 0 Å². The van der Waals surface area contributed by atoms with Crippen LogP contribution in [0.4, 0.5) is 21.6 Å². The third-order valence-electron chi connectivity index (χ3n) is 4.92. The van der Waals surface area contributed by atoms with E-state index in [1.54, 1.807) is 35.1 Å². The highest BCUT2D eigenvalue weighted by atomic mass is 19.1. The van der Waals surface area contributed by atoms with Gasteiger partial charge in [0, 0.05) is 24.0 Å². The molecule has 0 radical (unpaired) electrons. The molecule has 1 saturated carbocycles. The van der Waals surface area contributed by atoms with Gasteiger partial charge in [-0.3, -0.25) is 0 Å². The summed E-state index contributed by atoms with van der Waals surface area (Å²) in [4.78, 5) is 4.39. The van der Waals surface area contributed by atoms with Crippen LogP contribution >= 0.6 is 0 Å². The van der Waals surface area contributed by atoms with E-state index < -0.39 is 0 Å². The zero-order chi connectivity index (χ0) is 17.4. The number of fused-ring (bicyclic) bond motifs is 1. The number of aromatic nitrogens is 3. The normalized spacial score (nSPS) is 20.7. The molecule has 1 aliphatic carbocycles. The molecular weight excluding hydrogens is 319 g/mol. The van der Waals surface area contributed by atoms with E-state index in [0.29, 0.717) is 17.2 Å². The minimum atomic E-state index is -0.320. The molecule has 5 N–H and O–H groups in total. The topological polar surface area (TPSA) is 94.3 Å². The SMILES string of the molecule is Nc1nn2ccnc2c(Nc2ccccc2F)c1C1CCC(N)CC1. The van der Waals surface area contributed by atoms with Crippen LogP contribution in [0.25, 0.3) is 5.65 Å². The summed E-state index contributed by atoms with van der Waals surface area (Å²) >= 11 is 0. The fraction of sp³-hybridized carbons (Fsp3) is 0.333. The lowest BCUT2D eigenvalue weighted by molar-refractivity contribution is 0.396. The highest BCUT2D eigenvalue weighted by molar-refractivity contribution is 5.80. The Morgan fingerprint density at radius 2 is 1.92 bits per heavy atom. The molecule has 3 aromatic rings. The second kappa shape index (κ2) is 6.33. The molecule has 0 atom stereocenters. The molecule has 4 rings (SSSR count). The first-order valence-corrected chi connectivity index (χ1v) is 8.53. The monoisotopic (exact) mass is 340 g/mol. The smallest absolute Gasteiger partial charge is 0.177 e. The Morgan fingerprint density at radius 3 is 2.68 bits per heavy atom. The van der Waals surface area contributed by atoms with E-state index in [-0.39, 0.29) is 17.8 Å². The number of hydrogen-bond donors (Lipinski definition) is 3. The lowest BCUT2D eigenvalue weighted by Gasteiger charge is -2.28. The first kappa shape index (κ1) is 15.8. The maximum atomic E-state index is 14.2. The number of rotatable bonds is 3. The molecule has 7 heteroatoms. The Labute approximate surface area is 145 Å². The number of halogens is 1. The van der Waals surface area contributed by atoms with E-state index >= 15 is 0 Å². The van der Waals surface area contributed by atoms with Gasteiger partial charge in [-0.15, -0.1) is 5.10 Å². The van der Waals surface area contributed by atoms with Crippen molar-refractivity contribution in [1.29, 1.82) is 0 Å². The summed E-state index contributed by atoms with van der Waals surface area (Å²) in [5.74, 6) is 0.368. The zero-order valence-electron chi connectivity index (χ0n) is 13.8. The minimum Gasteiger partial charge on any atom is -0.382 e. The lowest BCUT2D eigenvalue weighted by atomic mass is 9.81. The average Bonchev–Trinajstić information content (AvgIpc) is 3.06. The van der Waals surface area contributed by atoms with Crippen molar-refractivity contribution in [3.05, 3.63) is 48.0 Å². The second-order valence-electron chi connectivity index (χ2n) is 6.59. The fourth-order valence-electron chi connectivity index (χ4n) is 3.62. The average molecular weight is 340 g/mol. The number of anilines is 3. The van der Waals surface area contributed by atoms with E-state index in [4.69, 9.17) is 11.5 Å². The van der Waals surface area contributed by atoms with E-state index in [1.165, 1.54) is 6.07 Å². The fourth-order valence-corrected chi connectivity index (χ4v) is 3.62. The van der Waals surface area contributed by atoms with Crippen molar-refractivity contribution >= 4 is 22.8 Å². The molecule has 0 spiro atoms. The predicted octanol–water partition coefficient (Wildman–Crippen LogP) is 3.18. The highest BCUT2D eigenvalue weighted by Gasteiger charge is 2.27. The minimum absolute atomic E-state index is 0.239. The van der Waals surface area contributed by atoms with E-state index in [2.05, 4.69) is 15.4 Å². The molecule has 0 aliphatic heterocycles. The van der Waals surface area contributed by atoms with Gasteiger partial charge >= 0.3 is 0 Å². The van der Waals surface area contributed by atoms with Gasteiger partial charge in [0.2, 0.25) is 0 Å². The van der Waals surface area contributed by atoms with E-state index in [1.807, 2.05) is 0 Å². The van der Waals surface area contributed by atoms with Gasteiger partial charge in [0.25, 0.3) is 0 Å². The molecule has 130 valence electrons. The van der Waals surface area contributed by atoms with Gasteiger partial charge in [-0.05, 0) is 43.7 Å². The van der Waals surface area contributed by atoms with Crippen molar-refractivity contribution in [2.45, 2.75) is 37.6 Å². The summed E-state index contributed by atoms with van der Waals surface area (Å²) in [6.07, 6.45) is 7.17. The molecule has 0 bridgehead atoms. The summed E-state index contributed by atoms with van der Waals surface area (Å²) < 4.78 is 15.8. The number of imidazole rings is 1. The maximum absolute atomic E-state index is 14.2. The Kier molecular flexibility index (Phi) is 4.01. The van der Waals surface area contributed by atoms with E-state index in [0.717, 1.165) is 36.9 Å². The first-order chi connectivity index (χ1) is 12.1. The molecule has 2 heterocycles. The third-order valence-corrected chi connectivity index (χ3v) is 4.92. The van der Waals surface area contributed by atoms with Crippen molar-refractivity contribution in [3.8, 4) is 0 Å². The van der Waals surface area contributed by atoms with Gasteiger partial charge in [-0.1, -0.05) is 12.1 Å². The number of para-hydroxylation sites is 1. The highest BCUT2D eigenvalue weighted by Crippen LogP contribution is 2.41. The number of nitrogens with zero attached hydrogens (tertiary/aromatic N) is 3. The summed E-state index contributed by atoms with van der Waals surface area (Å²) in [7, 11) is 0. The lowest BCUT2D eigenvalue weighted by Crippen LogP contribution is -2.26. The van der Waals surface area contributed by atoms with Crippen molar-refractivity contribution in [3.63, 3.8) is 0 Å². The summed E-state index contributed by atoms with van der Waals surface area (Å²) in [5.41, 5.74) is 15.0. The first-order valence-electron chi connectivity index (χ1n) is 8.53. The van der Waals surface area contributed by atoms with Gasteiger partial charge in [-0.2, -0.15) is 0 Å². The molecule has 1 fully saturated rings. The number of nitrogen functional groups attached to an aromatic ring is 1. The Hall–Kier alpha value is -2.67. The Morgan fingerprint density at radius 1 is 1.16 bits per heavy atom. The second-order valence-corrected chi connectivity index (χ2v) is 6.59. The van der Waals surface area contributed by atoms with Crippen LogP contribution in [0.15, 0.2) is 36.7 Å². The van der Waals surface area contributed by atoms with Crippen LogP contribution in [0.5, 0.6) is 0 Å². The van der Waals surface area contributed by atoms with Crippen LogP contribution in [0, 0.1) is 5.82 Å². The number of benzene rings is 1. The zero-order valence-corrected chi connectivity index (χ0v) is 13.8. The molecular formula is C18H21FN6. The predicted molar refractivity (Wildman–Crippen MR) is 96.3 cm³/mol. The standard InChI is InChI=1S/C18H21FN6/c19-13-3-1-2-4-14(13)23-16-15(11-5-7-12(20)8-6-11)17(21)24-25-10-9-22-18(16)25/h1-4,9-12,23H,5-8,20H2,(H2,21,24). The van der Waals surface area contributed by atoms with Crippen LogP contribution in [-0.2, 0) is 0 Å². The van der Waals surface area contributed by atoms with Crippen LogP contribution in [-0.4, -0.2) is 20.6 Å². The van der Waals surface area contributed by atoms with Crippen molar-refractivity contribution in [1.82, 2.24) is 14.6 Å². The third kappa shape index (κ3) is 2.91. The molecule has 1 aliphatic rings. The number of hydrogen-bond acceptors (Lipinski definition) is 5. The largest absolute Gasteiger partial charge is 0.382 e. The number of nitrogens with two attached hydrogens (primary N) is 2. The van der Waals surface area contributed by atoms with Crippen LogP contribution in [0.1, 0.15) is 37.2 Å². The summed E-state index contributed by atoms with van der Waals surface area (Å²) in [6, 6.07) is 6.82. The molecule has 0 saturated heterocycles. The van der Waals surface area contributed by atoms with Crippen molar-refractivity contribution in [2.75, 3.05) is 11.1 Å². The number of nitrogens with one attached hydrogen (secondary N) is 1. The summed E-state index contributed by atoms with van der Waals surface area (Å²) in [6.45, 7) is 0. The van der Waals surface area contributed by atoms with Gasteiger partial charge in [0.05, 0.1) is 11.4 Å². The van der Waals surface area contributed by atoms with Crippen molar-refractivity contribution < 1.29 is 4.39 Å². The van der Waals surface area contributed by atoms with Crippen LogP contribution in [0.2, 0.25) is 0 Å². The van der Waals surface area contributed by atoms with Gasteiger partial charge in [0.1, 0.15) is 11.6 Å². The molecule has 1 aromatic carbocycles. The van der Waals surface area contributed by atoms with Gasteiger partial charge < -0.3 is 16.8 Å². The Bertz CT molecular complexity index is 898. The van der Waals surface area contributed by atoms with E-state index in [9.17, 15) is 4.39 Å². The van der Waals surface area contributed by atoms with Crippen molar-refractivity contribution in [2.24, 2.45) is 5.73 Å². The summed E-state index contributed by atoms with van der Waals surface area (Å²) in [5, 5.41) is 7.63. The maximum Gasteiger partial charge on any atom is 0.177 e. The quantitative estimate of drug-likeness (QED) is 0.681. The molecule has 0 amide bonds. The van der Waals surface area contributed by atoms with Gasteiger partial charge in [0.15, 0.2) is 5.65 Å². The molecule has 25 heavy (non-hydrogen) atoms. The molecule has 6 nitrogen and oxygen atoms in total. The Balaban J connectivity index is 1.83. The molecule has 2 aromatic heterocycles. The van der Waals surface area contributed by atoms with Crippen LogP contribution < -0.4 is 16.8 Å². The molecule has 0 unspecified atom stereocenters. The van der Waals surface area contributed by atoms with Gasteiger partial charge in [-0.25, -0.2) is 13.9 Å².